The van der Waals surface area contributed by atoms with Crippen LogP contribution >= 0.6 is 11.3 Å². The number of hydrogen-bond acceptors (Lipinski definition) is 10. The van der Waals surface area contributed by atoms with Crippen LogP contribution in [0.5, 0.6) is 0 Å². The van der Waals surface area contributed by atoms with Gasteiger partial charge < -0.3 is 20.0 Å². The van der Waals surface area contributed by atoms with Crippen LogP contribution in [0.4, 0.5) is 25.3 Å². The van der Waals surface area contributed by atoms with E-state index in [-0.39, 0.29) is 19.6 Å². The molecular weight excluding hydrogens is 544 g/mol. The molecule has 1 saturated carbocycles. The molecule has 40 heavy (non-hydrogen) atoms. The summed E-state index contributed by atoms with van der Waals surface area (Å²) in [6, 6.07) is -2.14. The number of carbonyl (C=O) groups excluding carboxylic acids is 3. The number of piperidine rings is 1. The van der Waals surface area contributed by atoms with Gasteiger partial charge in [0, 0.05) is 43.5 Å². The van der Waals surface area contributed by atoms with E-state index in [9.17, 15) is 23.2 Å². The van der Waals surface area contributed by atoms with E-state index in [0.29, 0.717) is 22.3 Å². The summed E-state index contributed by atoms with van der Waals surface area (Å²) in [4.78, 5) is 62.1. The van der Waals surface area contributed by atoms with Crippen LogP contribution in [0, 0.1) is 23.7 Å². The molecule has 1 aliphatic carbocycles. The maximum Gasteiger partial charge on any atom is 0.329 e. The van der Waals surface area contributed by atoms with Gasteiger partial charge in [0.1, 0.15) is 16.9 Å². The third-order valence-electron chi connectivity index (χ3n) is 7.77. The van der Waals surface area contributed by atoms with E-state index >= 15 is 0 Å². The van der Waals surface area contributed by atoms with Gasteiger partial charge >= 0.3 is 6.03 Å². The number of urea groups is 1. The van der Waals surface area contributed by atoms with Gasteiger partial charge in [-0.15, -0.1) is 17.3 Å². The van der Waals surface area contributed by atoms with Gasteiger partial charge in [-0.1, -0.05) is 5.92 Å². The lowest BCUT2D eigenvalue weighted by Crippen LogP contribution is -2.66. The Labute approximate surface area is 232 Å². The van der Waals surface area contributed by atoms with Crippen molar-refractivity contribution in [2.75, 3.05) is 36.9 Å². The molecule has 12 nitrogen and oxygen atoms in total. The number of aliphatic imine (C=N–C) groups is 1. The van der Waals surface area contributed by atoms with Gasteiger partial charge in [0.2, 0.25) is 11.9 Å². The molecular formula is C25H25F2N9O3S. The van der Waals surface area contributed by atoms with E-state index in [4.69, 9.17) is 0 Å². The maximum atomic E-state index is 13.5. The Bertz CT molecular complexity index is 1460. The Hall–Kier alpha value is -4.19. The van der Waals surface area contributed by atoms with Gasteiger partial charge in [0.05, 0.1) is 24.7 Å². The zero-order valence-corrected chi connectivity index (χ0v) is 22.6. The summed E-state index contributed by atoms with van der Waals surface area (Å²) in [6.45, 7) is 3.71. The molecule has 0 aromatic carbocycles. The number of nitrogens with one attached hydrogen (secondary N) is 1. The Kier molecular flexibility index (Phi) is 6.17. The summed E-state index contributed by atoms with van der Waals surface area (Å²) in [5.41, 5.74) is 0.627. The molecule has 0 spiro atoms. The maximum absolute atomic E-state index is 13.5. The SMILES string of the molecule is CC#CCN1C(=O)C2C(N=CN2[C@@H](C)C(=O)Nc2csc(-c3cnc(N4CC5C(C4)C5(F)F)nc3)n2)N(C)C1=O. The van der Waals surface area contributed by atoms with Crippen LogP contribution in [-0.2, 0) is 9.59 Å². The number of anilines is 2. The third kappa shape index (κ3) is 4.14. The fraction of sp³-hybridized carbons (Fsp3) is 0.480. The van der Waals surface area contributed by atoms with Gasteiger partial charge in [-0.25, -0.2) is 33.5 Å². The lowest BCUT2D eigenvalue weighted by molar-refractivity contribution is -0.138. The number of nitrogens with zero attached hydrogens (tertiary/aromatic N) is 8. The van der Waals surface area contributed by atoms with Crippen molar-refractivity contribution >= 4 is 47.3 Å². The van der Waals surface area contributed by atoms with Crippen molar-refractivity contribution in [3.8, 4) is 22.4 Å². The first-order valence-corrected chi connectivity index (χ1v) is 13.5. The number of hydrogen-bond donors (Lipinski definition) is 1. The molecule has 1 N–H and O–H groups in total. The molecule has 2 saturated heterocycles. The third-order valence-corrected chi connectivity index (χ3v) is 8.66. The van der Waals surface area contributed by atoms with Crippen LogP contribution in [0.1, 0.15) is 13.8 Å². The number of fused-ring (bicyclic) bond motifs is 2. The number of imide groups is 1. The quantitative estimate of drug-likeness (QED) is 0.520. The highest BCUT2D eigenvalue weighted by Gasteiger charge is 2.72. The zero-order valence-electron chi connectivity index (χ0n) is 21.8. The Morgan fingerprint density at radius 3 is 2.62 bits per heavy atom. The second kappa shape index (κ2) is 9.47. The first kappa shape index (κ1) is 26.1. The summed E-state index contributed by atoms with van der Waals surface area (Å²) in [6.07, 6.45) is 3.85. The minimum atomic E-state index is -2.57. The first-order valence-electron chi connectivity index (χ1n) is 12.6. The number of aromatic nitrogens is 3. The smallest absolute Gasteiger partial charge is 0.329 e. The van der Waals surface area contributed by atoms with Crippen molar-refractivity contribution in [1.82, 2.24) is 29.7 Å². The zero-order chi connectivity index (χ0) is 28.3. The standard InChI is InChI=1S/C25H25F2N9O3S/c1-4-5-6-35-22(38)18-19(33(3)24(35)39)30-12-36(18)13(2)20(37)31-17-11-40-21(32-17)14-7-28-23(29-8-14)34-9-15-16(10-34)25(15,26)27/h7-8,11-13,15-16,18-19H,6,9-10H2,1-3H3,(H,31,37)/t13-,15?,16?,18?,19?/m0/s1. The number of carbonyl (C=O) groups is 3. The molecule has 2 aromatic rings. The van der Waals surface area contributed by atoms with E-state index in [1.54, 1.807) is 43.6 Å². The fourth-order valence-corrected chi connectivity index (χ4v) is 6.04. The molecule has 0 bridgehead atoms. The minimum Gasteiger partial charge on any atom is -0.340 e. The highest BCUT2D eigenvalue weighted by Crippen LogP contribution is 2.59. The number of amides is 4. The molecule has 4 aliphatic rings. The van der Waals surface area contributed by atoms with E-state index in [0.717, 1.165) is 4.90 Å². The number of likely N-dealkylation sites (N-methyl/N-ethyl adjacent to an activating group) is 1. The van der Waals surface area contributed by atoms with Crippen LogP contribution in [-0.4, -0.2) is 105 Å². The molecule has 5 heterocycles. The van der Waals surface area contributed by atoms with E-state index in [2.05, 4.69) is 37.1 Å². The topological polar surface area (TPSA) is 127 Å². The average Bonchev–Trinajstić information content (AvgIpc) is 3.53. The predicted molar refractivity (Wildman–Crippen MR) is 142 cm³/mol. The van der Waals surface area contributed by atoms with E-state index in [1.165, 1.54) is 27.5 Å². The van der Waals surface area contributed by atoms with Crippen LogP contribution in [0.15, 0.2) is 22.8 Å². The summed E-state index contributed by atoms with van der Waals surface area (Å²) in [5.74, 6) is 1.47. The molecule has 0 radical (unpaired) electrons. The van der Waals surface area contributed by atoms with Crippen LogP contribution < -0.4 is 10.2 Å². The summed E-state index contributed by atoms with van der Waals surface area (Å²) in [5, 5.41) is 5.01. The summed E-state index contributed by atoms with van der Waals surface area (Å²) in [7, 11) is 1.56. The van der Waals surface area contributed by atoms with Crippen molar-refractivity contribution in [3.05, 3.63) is 17.8 Å². The molecule has 6 rings (SSSR count). The van der Waals surface area contributed by atoms with Crippen LogP contribution in [0.3, 0.4) is 0 Å². The number of halogens is 2. The van der Waals surface area contributed by atoms with Crippen molar-refractivity contribution in [3.63, 3.8) is 0 Å². The molecule has 4 unspecified atom stereocenters. The molecule has 3 aliphatic heterocycles. The monoisotopic (exact) mass is 569 g/mol. The number of thiazole rings is 1. The Balaban J connectivity index is 1.10. The first-order chi connectivity index (χ1) is 19.1. The number of rotatable bonds is 6. The predicted octanol–water partition coefficient (Wildman–Crippen LogP) is 1.58. The normalized spacial score (nSPS) is 26.8. The highest BCUT2D eigenvalue weighted by molar-refractivity contribution is 7.13. The van der Waals surface area contributed by atoms with Crippen LogP contribution in [0.2, 0.25) is 0 Å². The Morgan fingerprint density at radius 1 is 1.25 bits per heavy atom. The second-order valence-electron chi connectivity index (χ2n) is 10.1. The van der Waals surface area contributed by atoms with E-state index < -0.39 is 53.9 Å². The Morgan fingerprint density at radius 2 is 1.95 bits per heavy atom. The average molecular weight is 570 g/mol. The van der Waals surface area contributed by atoms with Gasteiger partial charge in [0.15, 0.2) is 12.2 Å². The van der Waals surface area contributed by atoms with Crippen molar-refractivity contribution in [2.24, 2.45) is 16.8 Å². The highest BCUT2D eigenvalue weighted by atomic mass is 32.1. The number of alkyl halides is 2. The van der Waals surface area contributed by atoms with Gasteiger partial charge in [-0.3, -0.25) is 14.5 Å². The largest absolute Gasteiger partial charge is 0.340 e. The van der Waals surface area contributed by atoms with Crippen molar-refractivity contribution in [2.45, 2.75) is 38.0 Å². The molecule has 5 atom stereocenters. The van der Waals surface area contributed by atoms with Crippen molar-refractivity contribution < 1.29 is 23.2 Å². The van der Waals surface area contributed by atoms with Crippen molar-refractivity contribution in [1.29, 1.82) is 0 Å². The van der Waals surface area contributed by atoms with Gasteiger partial charge in [0.25, 0.3) is 11.8 Å². The summed E-state index contributed by atoms with van der Waals surface area (Å²) >= 11 is 1.28. The lowest BCUT2D eigenvalue weighted by atomic mass is 10.1. The minimum absolute atomic E-state index is 0.0442. The van der Waals surface area contributed by atoms with E-state index in [1.807, 2.05) is 0 Å². The molecule has 15 heteroatoms. The second-order valence-corrected chi connectivity index (χ2v) is 10.9. The summed E-state index contributed by atoms with van der Waals surface area (Å²) < 4.78 is 26.9. The lowest BCUT2D eigenvalue weighted by Gasteiger charge is -2.41. The molecule has 3 fully saturated rings. The fourth-order valence-electron chi connectivity index (χ4n) is 5.32. The molecule has 2 aromatic heterocycles. The molecule has 4 amide bonds. The molecule has 208 valence electrons. The van der Waals surface area contributed by atoms with Crippen LogP contribution in [0.25, 0.3) is 10.6 Å². The van der Waals surface area contributed by atoms with Gasteiger partial charge in [-0.05, 0) is 13.8 Å². The van der Waals surface area contributed by atoms with Gasteiger partial charge in [-0.2, -0.15) is 0 Å².